The molecule has 1 radical (unpaired) electrons. The first-order valence-corrected chi connectivity index (χ1v) is 3.94. The molecule has 63 valence electrons. The Balaban J connectivity index is 2.51. The van der Waals surface area contributed by atoms with Crippen molar-refractivity contribution < 1.29 is 9.53 Å². The lowest BCUT2D eigenvalue weighted by Crippen LogP contribution is -1.96. The lowest BCUT2D eigenvalue weighted by molar-refractivity contribution is 0.282. The van der Waals surface area contributed by atoms with Gasteiger partial charge in [-0.25, -0.2) is 4.79 Å². The average molecular weight is 184 g/mol. The summed E-state index contributed by atoms with van der Waals surface area (Å²) in [5.41, 5.74) is 0.981. The summed E-state index contributed by atoms with van der Waals surface area (Å²) < 4.78 is 4.43. The predicted molar refractivity (Wildman–Crippen MR) is 46.8 cm³/mol. The van der Waals surface area contributed by atoms with E-state index in [4.69, 9.17) is 11.6 Å². The lowest BCUT2D eigenvalue weighted by Gasteiger charge is -2.01. The molecule has 0 heterocycles. The first-order valence-electron chi connectivity index (χ1n) is 3.57. The number of halogens is 1. The normalized spacial score (nSPS) is 9.42. The highest BCUT2D eigenvalue weighted by molar-refractivity contribution is 6.31. The molecule has 12 heavy (non-hydrogen) atoms. The molecule has 0 saturated carbocycles. The zero-order valence-corrected chi connectivity index (χ0v) is 7.17. The van der Waals surface area contributed by atoms with Crippen LogP contribution in [0.4, 0.5) is 0 Å². The van der Waals surface area contributed by atoms with Crippen LogP contribution in [0.2, 0.25) is 5.02 Å². The third kappa shape index (κ3) is 2.55. The smallest absolute Gasteiger partial charge is 0.417 e. The molecule has 0 fully saturated rings. The van der Waals surface area contributed by atoms with Gasteiger partial charge in [-0.2, -0.15) is 0 Å². The van der Waals surface area contributed by atoms with Crippen molar-refractivity contribution in [1.82, 2.24) is 0 Å². The zero-order valence-electron chi connectivity index (χ0n) is 6.42. The number of hydrogen-bond donors (Lipinski definition) is 0. The molecule has 0 amide bonds. The van der Waals surface area contributed by atoms with E-state index >= 15 is 0 Å². The van der Waals surface area contributed by atoms with Gasteiger partial charge < -0.3 is 4.74 Å². The van der Waals surface area contributed by atoms with E-state index in [1.807, 2.05) is 24.3 Å². The highest BCUT2D eigenvalue weighted by atomic mass is 35.5. The maximum absolute atomic E-state index is 9.70. The third-order valence-electron chi connectivity index (χ3n) is 1.49. The van der Waals surface area contributed by atoms with Crippen molar-refractivity contribution in [2.45, 2.75) is 6.42 Å². The van der Waals surface area contributed by atoms with Gasteiger partial charge in [-0.15, -0.1) is 0 Å². The van der Waals surface area contributed by atoms with Crippen LogP contribution in [0.25, 0.3) is 0 Å². The third-order valence-corrected chi connectivity index (χ3v) is 1.86. The van der Waals surface area contributed by atoms with Gasteiger partial charge >= 0.3 is 6.47 Å². The fraction of sp³-hybridized carbons (Fsp3) is 0.222. The summed E-state index contributed by atoms with van der Waals surface area (Å²) in [5, 5.41) is 0.701. The van der Waals surface area contributed by atoms with Crippen LogP contribution in [0.5, 0.6) is 0 Å². The van der Waals surface area contributed by atoms with Gasteiger partial charge in [-0.05, 0) is 11.6 Å². The number of hydrogen-bond acceptors (Lipinski definition) is 2. The SMILES string of the molecule is O=[C]OCCc1ccccc1Cl. The molecule has 1 rings (SSSR count). The van der Waals surface area contributed by atoms with E-state index in [2.05, 4.69) is 4.74 Å². The standard InChI is InChI=1S/C9H8ClO2/c10-9-4-2-1-3-8(9)5-6-12-7-11/h1-4H,5-6H2. The molecule has 0 spiro atoms. The summed E-state index contributed by atoms with van der Waals surface area (Å²) >= 11 is 5.85. The van der Waals surface area contributed by atoms with Gasteiger partial charge in [0.15, 0.2) is 0 Å². The predicted octanol–water partition coefficient (Wildman–Crippen LogP) is 1.97. The monoisotopic (exact) mass is 183 g/mol. The van der Waals surface area contributed by atoms with Crippen LogP contribution < -0.4 is 0 Å². The van der Waals surface area contributed by atoms with Gasteiger partial charge in [-0.3, -0.25) is 0 Å². The molecule has 0 unspecified atom stereocenters. The lowest BCUT2D eigenvalue weighted by atomic mass is 10.2. The van der Waals surface area contributed by atoms with E-state index in [1.54, 1.807) is 0 Å². The van der Waals surface area contributed by atoms with Crippen molar-refractivity contribution in [3.63, 3.8) is 0 Å². The van der Waals surface area contributed by atoms with Crippen molar-refractivity contribution in [2.24, 2.45) is 0 Å². The van der Waals surface area contributed by atoms with E-state index in [0.717, 1.165) is 5.56 Å². The quantitative estimate of drug-likeness (QED) is 0.668. The summed E-state index contributed by atoms with van der Waals surface area (Å²) in [7, 11) is 0. The molecule has 0 bridgehead atoms. The fourth-order valence-electron chi connectivity index (χ4n) is 0.904. The molecule has 0 aliphatic rings. The molecular formula is C9H8ClO2. The molecule has 0 aliphatic heterocycles. The molecule has 0 aliphatic carbocycles. The van der Waals surface area contributed by atoms with Crippen LogP contribution in [0.3, 0.4) is 0 Å². The highest BCUT2D eigenvalue weighted by Crippen LogP contribution is 2.14. The highest BCUT2D eigenvalue weighted by Gasteiger charge is 1.97. The van der Waals surface area contributed by atoms with Crippen molar-refractivity contribution in [3.8, 4) is 0 Å². The van der Waals surface area contributed by atoms with Gasteiger partial charge in [0.2, 0.25) is 0 Å². The second kappa shape index (κ2) is 4.78. The second-order valence-electron chi connectivity index (χ2n) is 2.27. The number of carbonyl (C=O) groups excluding carboxylic acids is 1. The molecule has 0 atom stereocenters. The molecular weight excluding hydrogens is 176 g/mol. The van der Waals surface area contributed by atoms with Crippen molar-refractivity contribution >= 4 is 18.1 Å². The van der Waals surface area contributed by atoms with Gasteiger partial charge in [0, 0.05) is 11.4 Å². The Morgan fingerprint density at radius 1 is 1.42 bits per heavy atom. The maximum Gasteiger partial charge on any atom is 0.417 e. The van der Waals surface area contributed by atoms with E-state index in [0.29, 0.717) is 18.1 Å². The molecule has 3 heteroatoms. The van der Waals surface area contributed by atoms with Gasteiger partial charge in [0.25, 0.3) is 0 Å². The van der Waals surface area contributed by atoms with Crippen LogP contribution >= 0.6 is 11.6 Å². The van der Waals surface area contributed by atoms with E-state index in [-0.39, 0.29) is 0 Å². The van der Waals surface area contributed by atoms with Gasteiger partial charge in [0.05, 0.1) is 6.61 Å². The van der Waals surface area contributed by atoms with E-state index < -0.39 is 0 Å². The Hall–Kier alpha value is -1.02. The summed E-state index contributed by atoms with van der Waals surface area (Å²) in [6.45, 7) is 1.69. The summed E-state index contributed by atoms with van der Waals surface area (Å²) in [4.78, 5) is 9.70. The maximum atomic E-state index is 9.70. The van der Waals surface area contributed by atoms with Crippen molar-refractivity contribution in [1.29, 1.82) is 0 Å². The van der Waals surface area contributed by atoms with Crippen LogP contribution in [0.15, 0.2) is 24.3 Å². The zero-order chi connectivity index (χ0) is 8.81. The minimum atomic E-state index is 0.327. The topological polar surface area (TPSA) is 26.3 Å². The molecule has 1 aromatic carbocycles. The Bertz CT molecular complexity index is 260. The first-order chi connectivity index (χ1) is 5.84. The molecule has 2 nitrogen and oxygen atoms in total. The van der Waals surface area contributed by atoms with Gasteiger partial charge in [-0.1, -0.05) is 29.8 Å². The van der Waals surface area contributed by atoms with E-state index in [1.165, 1.54) is 6.47 Å². The molecule has 0 aromatic heterocycles. The minimum Gasteiger partial charge on any atom is -0.457 e. The van der Waals surface area contributed by atoms with E-state index in [9.17, 15) is 4.79 Å². The fourth-order valence-corrected chi connectivity index (χ4v) is 1.13. The molecule has 0 N–H and O–H groups in total. The average Bonchev–Trinajstić information content (AvgIpc) is 2.09. The van der Waals surface area contributed by atoms with Crippen LogP contribution in [0, 0.1) is 0 Å². The minimum absolute atomic E-state index is 0.327. The molecule has 0 saturated heterocycles. The Labute approximate surface area is 76.1 Å². The van der Waals surface area contributed by atoms with Crippen molar-refractivity contribution in [3.05, 3.63) is 34.9 Å². The Morgan fingerprint density at radius 2 is 2.17 bits per heavy atom. The Morgan fingerprint density at radius 3 is 2.83 bits per heavy atom. The number of rotatable bonds is 4. The van der Waals surface area contributed by atoms with Crippen LogP contribution in [-0.2, 0) is 16.0 Å². The second-order valence-corrected chi connectivity index (χ2v) is 2.68. The number of benzene rings is 1. The largest absolute Gasteiger partial charge is 0.457 e. The number of ether oxygens (including phenoxy) is 1. The van der Waals surface area contributed by atoms with Crippen LogP contribution in [-0.4, -0.2) is 13.1 Å². The van der Waals surface area contributed by atoms with Crippen LogP contribution in [0.1, 0.15) is 5.56 Å². The molecule has 1 aromatic rings. The summed E-state index contributed by atoms with van der Waals surface area (Å²) in [6.07, 6.45) is 0.634. The first kappa shape index (κ1) is 9.07. The summed E-state index contributed by atoms with van der Waals surface area (Å²) in [5.74, 6) is 0. The summed E-state index contributed by atoms with van der Waals surface area (Å²) in [6, 6.07) is 7.46. The van der Waals surface area contributed by atoms with Gasteiger partial charge in [0.1, 0.15) is 0 Å². The Kier molecular flexibility index (Phi) is 3.61. The van der Waals surface area contributed by atoms with Crippen molar-refractivity contribution in [2.75, 3.05) is 6.61 Å².